The van der Waals surface area contributed by atoms with Gasteiger partial charge in [-0.15, -0.1) is 0 Å². The molecule has 1 heterocycles. The van der Waals surface area contributed by atoms with Crippen molar-refractivity contribution in [1.29, 1.82) is 0 Å². The maximum atomic E-state index is 14.6. The Balaban J connectivity index is 1.38. The summed E-state index contributed by atoms with van der Waals surface area (Å²) in [4.78, 5) is 26.2. The molecule has 2 amide bonds. The van der Waals surface area contributed by atoms with Crippen LogP contribution in [0.5, 0.6) is 0 Å². The molecule has 0 spiro atoms. The van der Waals surface area contributed by atoms with E-state index in [9.17, 15) is 14.0 Å². The molecular formula is C24H36FN3O4. The van der Waals surface area contributed by atoms with Crippen molar-refractivity contribution in [3.05, 3.63) is 29.6 Å². The van der Waals surface area contributed by atoms with E-state index in [1.54, 1.807) is 12.1 Å². The van der Waals surface area contributed by atoms with Gasteiger partial charge in [-0.2, -0.15) is 0 Å². The number of morpholine rings is 1. The predicted octanol–water partition coefficient (Wildman–Crippen LogP) is 3.72. The molecule has 0 unspecified atom stereocenters. The number of nitrogens with one attached hydrogen (secondary N) is 2. The number of nitrogens with zero attached hydrogens (tertiary/aromatic N) is 1. The van der Waals surface area contributed by atoms with Crippen LogP contribution >= 0.6 is 0 Å². The molecule has 32 heavy (non-hydrogen) atoms. The van der Waals surface area contributed by atoms with Gasteiger partial charge in [0.05, 0.1) is 18.9 Å². The standard InChI is InChI=1S/C24H36FN3O4/c1-24(2,3)32-23(30)27-16-18-6-4-17(5-7-18)15-26-22(29)19-8-9-21(20(25)14-19)28-10-12-31-13-11-28/h8-9,14,17-18H,4-7,10-13,15-16H2,1-3H3,(H,26,29)(H,27,30). The summed E-state index contributed by atoms with van der Waals surface area (Å²) in [6, 6.07) is 4.68. The molecule has 3 rings (SSSR count). The summed E-state index contributed by atoms with van der Waals surface area (Å²) in [5.41, 5.74) is 0.365. The summed E-state index contributed by atoms with van der Waals surface area (Å²) in [6.45, 7) is 9.20. The fourth-order valence-corrected chi connectivity index (χ4v) is 4.23. The van der Waals surface area contributed by atoms with Crippen molar-refractivity contribution >= 4 is 17.7 Å². The Bertz CT molecular complexity index is 782. The van der Waals surface area contributed by atoms with Crippen molar-refractivity contribution in [2.75, 3.05) is 44.3 Å². The number of hydrogen-bond donors (Lipinski definition) is 2. The molecular weight excluding hydrogens is 413 g/mol. The Morgan fingerprint density at radius 2 is 1.66 bits per heavy atom. The number of rotatable bonds is 6. The number of ether oxygens (including phenoxy) is 2. The highest BCUT2D eigenvalue weighted by Gasteiger charge is 2.24. The van der Waals surface area contributed by atoms with E-state index in [1.165, 1.54) is 6.07 Å². The number of halogens is 1. The summed E-state index contributed by atoms with van der Waals surface area (Å²) < 4.78 is 25.1. The average molecular weight is 450 g/mol. The van der Waals surface area contributed by atoms with Crippen LogP contribution in [-0.4, -0.2) is 57.0 Å². The van der Waals surface area contributed by atoms with Gasteiger partial charge in [0.15, 0.2) is 0 Å². The van der Waals surface area contributed by atoms with Crippen LogP contribution in [0.1, 0.15) is 56.8 Å². The van der Waals surface area contributed by atoms with Crippen molar-refractivity contribution in [1.82, 2.24) is 10.6 Å². The molecule has 0 bridgehead atoms. The largest absolute Gasteiger partial charge is 0.444 e. The van der Waals surface area contributed by atoms with E-state index in [0.29, 0.717) is 62.5 Å². The highest BCUT2D eigenvalue weighted by atomic mass is 19.1. The van der Waals surface area contributed by atoms with Crippen LogP contribution < -0.4 is 15.5 Å². The van der Waals surface area contributed by atoms with Gasteiger partial charge in [0.1, 0.15) is 11.4 Å². The Kier molecular flexibility index (Phi) is 8.34. The number of benzene rings is 1. The lowest BCUT2D eigenvalue weighted by atomic mass is 9.82. The van der Waals surface area contributed by atoms with E-state index in [4.69, 9.17) is 9.47 Å². The van der Waals surface area contributed by atoms with Gasteiger partial charge in [-0.3, -0.25) is 4.79 Å². The molecule has 0 radical (unpaired) electrons. The normalized spacial score (nSPS) is 21.7. The van der Waals surface area contributed by atoms with E-state index in [-0.39, 0.29) is 17.8 Å². The summed E-state index contributed by atoms with van der Waals surface area (Å²) in [5, 5.41) is 5.81. The smallest absolute Gasteiger partial charge is 0.407 e. The van der Waals surface area contributed by atoms with Gasteiger partial charge in [0, 0.05) is 31.7 Å². The first-order valence-corrected chi connectivity index (χ1v) is 11.6. The topological polar surface area (TPSA) is 79.9 Å². The SMILES string of the molecule is CC(C)(C)OC(=O)NCC1CCC(CNC(=O)c2ccc(N3CCOCC3)c(F)c2)CC1. The van der Waals surface area contributed by atoms with Crippen molar-refractivity contribution in [3.63, 3.8) is 0 Å². The molecule has 2 N–H and O–H groups in total. The second-order valence-corrected chi connectivity index (χ2v) is 9.75. The lowest BCUT2D eigenvalue weighted by Crippen LogP contribution is -2.37. The Labute approximate surface area is 190 Å². The third kappa shape index (κ3) is 7.36. The van der Waals surface area contributed by atoms with Crippen molar-refractivity contribution in [2.24, 2.45) is 11.8 Å². The fourth-order valence-electron chi connectivity index (χ4n) is 4.23. The van der Waals surface area contributed by atoms with E-state index >= 15 is 0 Å². The number of carbonyl (C=O) groups is 2. The maximum absolute atomic E-state index is 14.6. The van der Waals surface area contributed by atoms with Gasteiger partial charge < -0.3 is 25.0 Å². The lowest BCUT2D eigenvalue weighted by molar-refractivity contribution is 0.0512. The third-order valence-electron chi connectivity index (χ3n) is 6.01. The quantitative estimate of drug-likeness (QED) is 0.692. The van der Waals surface area contributed by atoms with E-state index in [0.717, 1.165) is 25.7 Å². The Morgan fingerprint density at radius 3 is 2.22 bits per heavy atom. The van der Waals surface area contributed by atoms with Gasteiger partial charge in [-0.25, -0.2) is 9.18 Å². The number of carbonyl (C=O) groups excluding carboxylic acids is 2. The number of alkyl carbamates (subject to hydrolysis) is 1. The molecule has 1 aromatic carbocycles. The first-order chi connectivity index (χ1) is 15.2. The summed E-state index contributed by atoms with van der Waals surface area (Å²) >= 11 is 0. The molecule has 0 atom stereocenters. The highest BCUT2D eigenvalue weighted by molar-refractivity contribution is 5.94. The van der Waals surface area contributed by atoms with Crippen LogP contribution in [0.25, 0.3) is 0 Å². The molecule has 8 heteroatoms. The molecule has 1 aliphatic carbocycles. The minimum absolute atomic E-state index is 0.244. The number of amides is 2. The molecule has 1 aliphatic heterocycles. The predicted molar refractivity (Wildman–Crippen MR) is 121 cm³/mol. The van der Waals surface area contributed by atoms with Gasteiger partial charge in [0.2, 0.25) is 0 Å². The molecule has 1 saturated heterocycles. The fraction of sp³-hybridized carbons (Fsp3) is 0.667. The Hall–Kier alpha value is -2.35. The molecule has 0 aromatic heterocycles. The second kappa shape index (κ2) is 11.0. The van der Waals surface area contributed by atoms with Crippen LogP contribution in [-0.2, 0) is 9.47 Å². The molecule has 178 valence electrons. The number of hydrogen-bond acceptors (Lipinski definition) is 5. The monoisotopic (exact) mass is 449 g/mol. The van der Waals surface area contributed by atoms with E-state index in [2.05, 4.69) is 10.6 Å². The van der Waals surface area contributed by atoms with Crippen molar-refractivity contribution in [3.8, 4) is 0 Å². The van der Waals surface area contributed by atoms with Crippen LogP contribution in [0.4, 0.5) is 14.9 Å². The summed E-state index contributed by atoms with van der Waals surface area (Å²) in [7, 11) is 0. The van der Waals surface area contributed by atoms with Gasteiger partial charge in [-0.1, -0.05) is 0 Å². The van der Waals surface area contributed by atoms with E-state index < -0.39 is 5.60 Å². The lowest BCUT2D eigenvalue weighted by Gasteiger charge is -2.29. The Morgan fingerprint density at radius 1 is 1.06 bits per heavy atom. The zero-order valence-corrected chi connectivity index (χ0v) is 19.4. The second-order valence-electron chi connectivity index (χ2n) is 9.75. The van der Waals surface area contributed by atoms with Crippen LogP contribution in [0, 0.1) is 17.7 Å². The minimum Gasteiger partial charge on any atom is -0.444 e. The summed E-state index contributed by atoms with van der Waals surface area (Å²) in [6.07, 6.45) is 3.60. The first kappa shape index (κ1) is 24.3. The molecule has 2 fully saturated rings. The van der Waals surface area contributed by atoms with Crippen molar-refractivity contribution < 1.29 is 23.5 Å². The van der Waals surface area contributed by atoms with Crippen LogP contribution in [0.3, 0.4) is 0 Å². The number of anilines is 1. The first-order valence-electron chi connectivity index (χ1n) is 11.6. The molecule has 1 saturated carbocycles. The molecule has 7 nitrogen and oxygen atoms in total. The maximum Gasteiger partial charge on any atom is 0.407 e. The zero-order valence-electron chi connectivity index (χ0n) is 19.4. The average Bonchev–Trinajstić information content (AvgIpc) is 2.76. The van der Waals surface area contributed by atoms with Gasteiger partial charge in [0.25, 0.3) is 5.91 Å². The third-order valence-corrected chi connectivity index (χ3v) is 6.01. The summed E-state index contributed by atoms with van der Waals surface area (Å²) in [5.74, 6) is 0.203. The van der Waals surface area contributed by atoms with Crippen LogP contribution in [0.2, 0.25) is 0 Å². The van der Waals surface area contributed by atoms with Crippen molar-refractivity contribution in [2.45, 2.75) is 52.1 Å². The van der Waals surface area contributed by atoms with E-state index in [1.807, 2.05) is 25.7 Å². The van der Waals surface area contributed by atoms with Crippen LogP contribution in [0.15, 0.2) is 18.2 Å². The molecule has 2 aliphatic rings. The highest BCUT2D eigenvalue weighted by Crippen LogP contribution is 2.28. The zero-order chi connectivity index (χ0) is 23.1. The molecule has 1 aromatic rings. The van der Waals surface area contributed by atoms with Gasteiger partial charge in [-0.05, 0) is 76.5 Å². The minimum atomic E-state index is -0.494. The van der Waals surface area contributed by atoms with Gasteiger partial charge >= 0.3 is 6.09 Å².